The molecule has 3 aromatic rings. The molecular weight excluding hydrogens is 392 g/mol. The largest absolute Gasteiger partial charge is 0.488 e. The van der Waals surface area contributed by atoms with E-state index in [9.17, 15) is 9.90 Å². The molecule has 0 radical (unpaired) electrons. The van der Waals surface area contributed by atoms with Gasteiger partial charge in [0.25, 0.3) is 5.91 Å². The number of hydrogen-bond acceptors (Lipinski definition) is 5. The molecule has 2 atom stereocenters. The predicted octanol–water partition coefficient (Wildman–Crippen LogP) is 3.66. The third kappa shape index (κ3) is 4.14. The third-order valence-corrected chi connectivity index (χ3v) is 6.58. The number of hydrogen-bond donors (Lipinski definition) is 2. The number of rotatable bonds is 4. The summed E-state index contributed by atoms with van der Waals surface area (Å²) in [5.74, 6) is 1.01. The van der Waals surface area contributed by atoms with Crippen LogP contribution in [0.1, 0.15) is 60.5 Å². The number of piperidine rings is 1. The molecule has 0 spiro atoms. The third-order valence-electron chi connectivity index (χ3n) is 6.58. The fourth-order valence-electron chi connectivity index (χ4n) is 4.87. The van der Waals surface area contributed by atoms with E-state index < -0.39 is 6.10 Å². The van der Waals surface area contributed by atoms with Crippen molar-refractivity contribution in [2.45, 2.75) is 56.7 Å². The zero-order chi connectivity index (χ0) is 21.2. The lowest BCUT2D eigenvalue weighted by molar-refractivity contribution is -0.0198. The lowest BCUT2D eigenvalue weighted by Crippen LogP contribution is -2.51. The van der Waals surface area contributed by atoms with Crippen molar-refractivity contribution in [3.05, 3.63) is 54.0 Å². The molecule has 1 amide bonds. The van der Waals surface area contributed by atoms with Gasteiger partial charge in [-0.15, -0.1) is 0 Å². The van der Waals surface area contributed by atoms with E-state index in [1.54, 1.807) is 17.3 Å². The standard InChI is InChI=1S/C24H28N4O3/c29-21-15-28(24(30)19-14-26-27-23(19)17-5-2-1-3-6-17)12-10-22(21)31-18-9-8-16-7-4-11-25-20(16)13-18/h4,7-9,11,13-14,17,21-22,29H,1-3,5-6,10,12,15H2,(H,26,27)/t21-,22-/m1/s1. The molecular formula is C24H28N4O3. The van der Waals surface area contributed by atoms with Gasteiger partial charge in [0, 0.05) is 36.5 Å². The Morgan fingerprint density at radius 2 is 2.03 bits per heavy atom. The second-order valence-corrected chi connectivity index (χ2v) is 8.65. The Labute approximate surface area is 181 Å². The zero-order valence-corrected chi connectivity index (χ0v) is 17.5. The average Bonchev–Trinajstić information content (AvgIpc) is 3.30. The Balaban J connectivity index is 1.24. The van der Waals surface area contributed by atoms with Crippen LogP contribution in [0.4, 0.5) is 0 Å². The summed E-state index contributed by atoms with van der Waals surface area (Å²) in [6, 6.07) is 9.66. The number of aromatic nitrogens is 3. The first-order chi connectivity index (χ1) is 15.2. The van der Waals surface area contributed by atoms with Crippen molar-refractivity contribution in [1.82, 2.24) is 20.1 Å². The number of amides is 1. The number of aliphatic hydroxyl groups is 1. The molecule has 1 aromatic carbocycles. The van der Waals surface area contributed by atoms with E-state index in [0.29, 0.717) is 30.2 Å². The number of likely N-dealkylation sites (tertiary alicyclic amines) is 1. The van der Waals surface area contributed by atoms with Crippen LogP contribution in [0.5, 0.6) is 5.75 Å². The van der Waals surface area contributed by atoms with Crippen molar-refractivity contribution < 1.29 is 14.6 Å². The lowest BCUT2D eigenvalue weighted by atomic mass is 9.85. The number of aromatic amines is 1. The quantitative estimate of drug-likeness (QED) is 0.672. The first-order valence-corrected chi connectivity index (χ1v) is 11.2. The second-order valence-electron chi connectivity index (χ2n) is 8.65. The molecule has 2 N–H and O–H groups in total. The fraction of sp³-hybridized carbons (Fsp3) is 0.458. The summed E-state index contributed by atoms with van der Waals surface area (Å²) >= 11 is 0. The lowest BCUT2D eigenvalue weighted by Gasteiger charge is -2.36. The van der Waals surface area contributed by atoms with Gasteiger partial charge in [0.05, 0.1) is 29.5 Å². The Morgan fingerprint density at radius 3 is 2.87 bits per heavy atom. The highest BCUT2D eigenvalue weighted by molar-refractivity contribution is 5.95. The average molecular weight is 421 g/mol. The van der Waals surface area contributed by atoms with Gasteiger partial charge in [0.15, 0.2) is 0 Å². The van der Waals surface area contributed by atoms with Crippen molar-refractivity contribution in [3.63, 3.8) is 0 Å². The second kappa shape index (κ2) is 8.67. The Morgan fingerprint density at radius 1 is 1.16 bits per heavy atom. The molecule has 1 aliphatic heterocycles. The van der Waals surface area contributed by atoms with E-state index in [4.69, 9.17) is 4.74 Å². The summed E-state index contributed by atoms with van der Waals surface area (Å²) in [5.41, 5.74) is 2.47. The van der Waals surface area contributed by atoms with E-state index in [1.165, 1.54) is 19.3 Å². The van der Waals surface area contributed by atoms with E-state index >= 15 is 0 Å². The summed E-state index contributed by atoms with van der Waals surface area (Å²) in [7, 11) is 0. The van der Waals surface area contributed by atoms with Crippen LogP contribution >= 0.6 is 0 Å². The number of ether oxygens (including phenoxy) is 1. The first kappa shape index (κ1) is 20.0. The Bertz CT molecular complexity index is 1060. The smallest absolute Gasteiger partial charge is 0.257 e. The molecule has 5 rings (SSSR count). The van der Waals surface area contributed by atoms with Crippen molar-refractivity contribution in [2.24, 2.45) is 0 Å². The minimum absolute atomic E-state index is 0.0540. The van der Waals surface area contributed by atoms with Gasteiger partial charge < -0.3 is 14.7 Å². The van der Waals surface area contributed by atoms with Crippen LogP contribution in [0.2, 0.25) is 0 Å². The molecule has 1 saturated heterocycles. The maximum absolute atomic E-state index is 13.2. The molecule has 31 heavy (non-hydrogen) atoms. The van der Waals surface area contributed by atoms with Gasteiger partial charge in [-0.05, 0) is 31.0 Å². The topological polar surface area (TPSA) is 91.3 Å². The molecule has 7 nitrogen and oxygen atoms in total. The Kier molecular flexibility index (Phi) is 5.59. The summed E-state index contributed by atoms with van der Waals surface area (Å²) < 4.78 is 6.07. The minimum atomic E-state index is -0.748. The van der Waals surface area contributed by atoms with Crippen molar-refractivity contribution in [2.75, 3.05) is 13.1 Å². The SMILES string of the molecule is O=C(c1cn[nH]c1C1CCCCC1)N1CC[C@@H](Oc2ccc3cccnc3c2)[C@H](O)C1. The van der Waals surface area contributed by atoms with E-state index in [-0.39, 0.29) is 18.6 Å². The molecule has 0 bridgehead atoms. The highest BCUT2D eigenvalue weighted by Crippen LogP contribution is 2.34. The number of pyridine rings is 1. The molecule has 7 heteroatoms. The molecule has 2 aliphatic rings. The van der Waals surface area contributed by atoms with Crippen LogP contribution in [0, 0.1) is 0 Å². The predicted molar refractivity (Wildman–Crippen MR) is 117 cm³/mol. The van der Waals surface area contributed by atoms with Crippen molar-refractivity contribution in [1.29, 1.82) is 0 Å². The van der Waals surface area contributed by atoms with Gasteiger partial charge in [-0.1, -0.05) is 25.3 Å². The highest BCUT2D eigenvalue weighted by Gasteiger charge is 2.34. The molecule has 1 aliphatic carbocycles. The highest BCUT2D eigenvalue weighted by atomic mass is 16.5. The number of benzene rings is 1. The number of nitrogens with zero attached hydrogens (tertiary/aromatic N) is 3. The van der Waals surface area contributed by atoms with E-state index in [1.807, 2.05) is 30.3 Å². The molecule has 2 fully saturated rings. The number of carbonyl (C=O) groups is 1. The van der Waals surface area contributed by atoms with Gasteiger partial charge >= 0.3 is 0 Å². The number of β-amino-alcohol motifs (C(OH)–C–C–N with tert-alkyl or cyclic N) is 1. The monoisotopic (exact) mass is 420 g/mol. The van der Waals surface area contributed by atoms with Gasteiger partial charge in [0.2, 0.25) is 0 Å². The Hall–Kier alpha value is -2.93. The normalized spacial score (nSPS) is 22.5. The van der Waals surface area contributed by atoms with Gasteiger partial charge in [0.1, 0.15) is 18.0 Å². The molecule has 2 aromatic heterocycles. The van der Waals surface area contributed by atoms with Crippen LogP contribution in [0.25, 0.3) is 10.9 Å². The minimum Gasteiger partial charge on any atom is -0.488 e. The van der Waals surface area contributed by atoms with Crippen LogP contribution in [0.15, 0.2) is 42.7 Å². The molecule has 3 heterocycles. The number of carbonyl (C=O) groups excluding carboxylic acids is 1. The number of aliphatic hydroxyl groups excluding tert-OH is 1. The van der Waals surface area contributed by atoms with Crippen molar-refractivity contribution in [3.8, 4) is 5.75 Å². The summed E-state index contributed by atoms with van der Waals surface area (Å²) in [6.45, 7) is 0.798. The maximum Gasteiger partial charge on any atom is 0.257 e. The number of fused-ring (bicyclic) bond motifs is 1. The van der Waals surface area contributed by atoms with Crippen LogP contribution in [-0.2, 0) is 0 Å². The van der Waals surface area contributed by atoms with E-state index in [0.717, 1.165) is 29.4 Å². The summed E-state index contributed by atoms with van der Waals surface area (Å²) in [4.78, 5) is 19.3. The number of H-pyrrole nitrogens is 1. The zero-order valence-electron chi connectivity index (χ0n) is 17.5. The summed E-state index contributed by atoms with van der Waals surface area (Å²) in [6.07, 6.45) is 8.72. The fourth-order valence-corrected chi connectivity index (χ4v) is 4.87. The molecule has 162 valence electrons. The molecule has 1 saturated carbocycles. The first-order valence-electron chi connectivity index (χ1n) is 11.2. The van der Waals surface area contributed by atoms with Gasteiger partial charge in [-0.25, -0.2) is 0 Å². The number of nitrogens with one attached hydrogen (secondary N) is 1. The maximum atomic E-state index is 13.2. The molecule has 0 unspecified atom stereocenters. The van der Waals surface area contributed by atoms with E-state index in [2.05, 4.69) is 15.2 Å². The van der Waals surface area contributed by atoms with Crippen LogP contribution < -0.4 is 4.74 Å². The van der Waals surface area contributed by atoms with Crippen LogP contribution in [-0.4, -0.2) is 56.4 Å². The summed E-state index contributed by atoms with van der Waals surface area (Å²) in [5, 5.41) is 19.0. The van der Waals surface area contributed by atoms with Gasteiger partial charge in [-0.3, -0.25) is 14.9 Å². The van der Waals surface area contributed by atoms with Crippen molar-refractivity contribution >= 4 is 16.8 Å². The van der Waals surface area contributed by atoms with Gasteiger partial charge in [-0.2, -0.15) is 5.10 Å². The van der Waals surface area contributed by atoms with Crippen LogP contribution in [0.3, 0.4) is 0 Å².